The number of pyridine rings is 1. The van der Waals surface area contributed by atoms with Gasteiger partial charge in [-0.25, -0.2) is 4.98 Å². The van der Waals surface area contributed by atoms with Crippen molar-refractivity contribution in [3.8, 4) is 10.8 Å². The Bertz CT molecular complexity index is 735. The smallest absolute Gasteiger partial charge is 0.162 e. The van der Waals surface area contributed by atoms with E-state index < -0.39 is 0 Å². The molecule has 0 radical (unpaired) electrons. The second-order valence-corrected chi connectivity index (χ2v) is 6.53. The number of furan rings is 1. The van der Waals surface area contributed by atoms with Gasteiger partial charge in [-0.05, 0) is 44.7 Å². The molecule has 0 aliphatic heterocycles. The zero-order chi connectivity index (χ0) is 15.5. The van der Waals surface area contributed by atoms with Gasteiger partial charge in [0.05, 0.1) is 0 Å². The maximum absolute atomic E-state index is 5.63. The molecule has 0 aliphatic rings. The average molecular weight is 313 g/mol. The van der Waals surface area contributed by atoms with Crippen molar-refractivity contribution in [3.05, 3.63) is 59.1 Å². The van der Waals surface area contributed by atoms with Crippen molar-refractivity contribution in [3.63, 3.8) is 0 Å². The molecule has 3 aromatic heterocycles. The van der Waals surface area contributed by atoms with E-state index in [1.807, 2.05) is 37.5 Å². The predicted molar refractivity (Wildman–Crippen MR) is 88.7 cm³/mol. The fourth-order valence-corrected chi connectivity index (χ4v) is 3.24. The maximum atomic E-state index is 5.63. The number of thiazole rings is 1. The molecule has 0 saturated heterocycles. The van der Waals surface area contributed by atoms with Crippen LogP contribution in [0.2, 0.25) is 0 Å². The zero-order valence-electron chi connectivity index (χ0n) is 13.0. The minimum absolute atomic E-state index is 0.310. The minimum Gasteiger partial charge on any atom is -0.459 e. The topological polar surface area (TPSA) is 42.2 Å². The van der Waals surface area contributed by atoms with E-state index in [1.165, 1.54) is 10.4 Å². The summed E-state index contributed by atoms with van der Waals surface area (Å²) < 4.78 is 5.63. The number of rotatable bonds is 5. The van der Waals surface area contributed by atoms with Crippen LogP contribution in [-0.2, 0) is 6.54 Å². The van der Waals surface area contributed by atoms with E-state index >= 15 is 0 Å². The molecule has 1 unspecified atom stereocenters. The molecule has 0 aliphatic carbocycles. The number of hydrogen-bond acceptors (Lipinski definition) is 5. The van der Waals surface area contributed by atoms with Gasteiger partial charge in [-0.3, -0.25) is 9.88 Å². The third kappa shape index (κ3) is 3.26. The first-order valence-corrected chi connectivity index (χ1v) is 8.07. The van der Waals surface area contributed by atoms with Crippen LogP contribution in [-0.4, -0.2) is 21.9 Å². The minimum atomic E-state index is 0.310. The normalized spacial score (nSPS) is 12.7. The van der Waals surface area contributed by atoms with Gasteiger partial charge in [-0.15, -0.1) is 11.3 Å². The Labute approximate surface area is 134 Å². The highest BCUT2D eigenvalue weighted by Crippen LogP contribution is 2.28. The zero-order valence-corrected chi connectivity index (χ0v) is 13.8. The Morgan fingerprint density at radius 3 is 2.82 bits per heavy atom. The monoisotopic (exact) mass is 313 g/mol. The summed E-state index contributed by atoms with van der Waals surface area (Å²) in [6.45, 7) is 4.99. The fourth-order valence-electron chi connectivity index (χ4n) is 2.30. The first-order chi connectivity index (χ1) is 10.6. The van der Waals surface area contributed by atoms with Gasteiger partial charge in [0, 0.05) is 36.1 Å². The van der Waals surface area contributed by atoms with Gasteiger partial charge in [0.2, 0.25) is 0 Å². The van der Waals surface area contributed by atoms with Gasteiger partial charge in [-0.1, -0.05) is 6.07 Å². The van der Waals surface area contributed by atoms with Crippen molar-refractivity contribution in [1.82, 2.24) is 14.9 Å². The molecule has 3 rings (SSSR count). The lowest BCUT2D eigenvalue weighted by molar-refractivity contribution is 0.255. The molecule has 114 valence electrons. The maximum Gasteiger partial charge on any atom is 0.162 e. The quantitative estimate of drug-likeness (QED) is 0.704. The molecule has 0 bridgehead atoms. The summed E-state index contributed by atoms with van der Waals surface area (Å²) in [5, 5.41) is 0.936. The highest BCUT2D eigenvalue weighted by molar-refractivity contribution is 7.14. The summed E-state index contributed by atoms with van der Waals surface area (Å²) in [7, 11) is 2.12. The lowest BCUT2D eigenvalue weighted by atomic mass is 10.1. The van der Waals surface area contributed by atoms with Gasteiger partial charge >= 0.3 is 0 Å². The van der Waals surface area contributed by atoms with E-state index in [1.54, 1.807) is 17.5 Å². The first-order valence-electron chi connectivity index (χ1n) is 7.25. The van der Waals surface area contributed by atoms with Crippen LogP contribution in [0, 0.1) is 6.92 Å². The highest BCUT2D eigenvalue weighted by Gasteiger charge is 2.14. The van der Waals surface area contributed by atoms with E-state index in [0.717, 1.165) is 23.1 Å². The molecule has 3 aromatic rings. The van der Waals surface area contributed by atoms with E-state index in [-0.39, 0.29) is 0 Å². The van der Waals surface area contributed by atoms with Crippen molar-refractivity contribution >= 4 is 11.3 Å². The standard InChI is InChI=1S/C17H19N3OS/c1-12-6-7-16(21-12)17-19-10-15(22-17)11-20(3)13(2)14-5-4-8-18-9-14/h4-10,13H,11H2,1-3H3. The molecule has 0 N–H and O–H groups in total. The molecule has 0 spiro atoms. The first kappa shape index (κ1) is 14.9. The van der Waals surface area contributed by atoms with Crippen LogP contribution in [0.1, 0.15) is 29.2 Å². The van der Waals surface area contributed by atoms with Gasteiger partial charge in [0.25, 0.3) is 0 Å². The Hall–Kier alpha value is -1.98. The van der Waals surface area contributed by atoms with Gasteiger partial charge < -0.3 is 4.42 Å². The average Bonchev–Trinajstić information content (AvgIpc) is 3.16. The molecule has 1 atom stereocenters. The van der Waals surface area contributed by atoms with E-state index in [9.17, 15) is 0 Å². The van der Waals surface area contributed by atoms with Crippen LogP contribution in [0.4, 0.5) is 0 Å². The molecular weight excluding hydrogens is 294 g/mol. The van der Waals surface area contributed by atoms with Crippen LogP contribution in [0.25, 0.3) is 10.8 Å². The van der Waals surface area contributed by atoms with Crippen molar-refractivity contribution in [1.29, 1.82) is 0 Å². The molecule has 5 heteroatoms. The molecule has 0 fully saturated rings. The summed E-state index contributed by atoms with van der Waals surface area (Å²) in [5.41, 5.74) is 1.22. The largest absolute Gasteiger partial charge is 0.459 e. The SMILES string of the molecule is Cc1ccc(-c2ncc(CN(C)C(C)c3cccnc3)s2)o1. The van der Waals surface area contributed by atoms with Gasteiger partial charge in [0.1, 0.15) is 5.76 Å². The molecule has 3 heterocycles. The highest BCUT2D eigenvalue weighted by atomic mass is 32.1. The summed E-state index contributed by atoms with van der Waals surface area (Å²) >= 11 is 1.68. The summed E-state index contributed by atoms with van der Waals surface area (Å²) in [6.07, 6.45) is 5.66. The summed E-state index contributed by atoms with van der Waals surface area (Å²) in [6, 6.07) is 8.33. The van der Waals surface area contributed by atoms with E-state index in [4.69, 9.17) is 4.42 Å². The van der Waals surface area contributed by atoms with Crippen LogP contribution in [0.3, 0.4) is 0 Å². The van der Waals surface area contributed by atoms with E-state index in [0.29, 0.717) is 6.04 Å². The lowest BCUT2D eigenvalue weighted by Gasteiger charge is -2.23. The molecule has 4 nitrogen and oxygen atoms in total. The van der Waals surface area contributed by atoms with Crippen LogP contribution < -0.4 is 0 Å². The summed E-state index contributed by atoms with van der Waals surface area (Å²) in [4.78, 5) is 12.2. The Morgan fingerprint density at radius 1 is 1.27 bits per heavy atom. The number of aromatic nitrogens is 2. The van der Waals surface area contributed by atoms with Crippen molar-refractivity contribution in [2.75, 3.05) is 7.05 Å². The number of hydrogen-bond donors (Lipinski definition) is 0. The Kier molecular flexibility index (Phi) is 4.36. The van der Waals surface area contributed by atoms with Crippen LogP contribution >= 0.6 is 11.3 Å². The molecule has 22 heavy (non-hydrogen) atoms. The number of aryl methyl sites for hydroxylation is 1. The number of nitrogens with zero attached hydrogens (tertiary/aromatic N) is 3. The molecule has 0 saturated carbocycles. The predicted octanol–water partition coefficient (Wildman–Crippen LogP) is 4.30. The van der Waals surface area contributed by atoms with Crippen molar-refractivity contribution in [2.24, 2.45) is 0 Å². The molecule has 0 aromatic carbocycles. The van der Waals surface area contributed by atoms with E-state index in [2.05, 4.69) is 34.9 Å². The molecule has 0 amide bonds. The lowest BCUT2D eigenvalue weighted by Crippen LogP contribution is -2.21. The summed E-state index contributed by atoms with van der Waals surface area (Å²) in [5.74, 6) is 1.76. The van der Waals surface area contributed by atoms with Crippen molar-refractivity contribution < 1.29 is 4.42 Å². The van der Waals surface area contributed by atoms with Crippen LogP contribution in [0.5, 0.6) is 0 Å². The van der Waals surface area contributed by atoms with Crippen molar-refractivity contribution in [2.45, 2.75) is 26.4 Å². The Morgan fingerprint density at radius 2 is 2.14 bits per heavy atom. The second kappa shape index (κ2) is 6.42. The van der Waals surface area contributed by atoms with Gasteiger partial charge in [-0.2, -0.15) is 0 Å². The van der Waals surface area contributed by atoms with Gasteiger partial charge in [0.15, 0.2) is 10.8 Å². The van der Waals surface area contributed by atoms with Crippen LogP contribution in [0.15, 0.2) is 47.3 Å². The second-order valence-electron chi connectivity index (χ2n) is 5.42. The third-order valence-electron chi connectivity index (χ3n) is 3.74. The fraction of sp³-hybridized carbons (Fsp3) is 0.294. The molecular formula is C17H19N3OS. The third-order valence-corrected chi connectivity index (χ3v) is 4.73. The Balaban J connectivity index is 1.69.